The van der Waals surface area contributed by atoms with E-state index in [1.807, 2.05) is 20.8 Å². The Morgan fingerprint density at radius 2 is 2.00 bits per heavy atom. The minimum absolute atomic E-state index is 0.151. The second kappa shape index (κ2) is 4.80. The van der Waals surface area contributed by atoms with Crippen LogP contribution in [0.5, 0.6) is 0 Å². The van der Waals surface area contributed by atoms with E-state index in [2.05, 4.69) is 5.10 Å². The van der Waals surface area contributed by atoms with E-state index in [4.69, 9.17) is 5.11 Å². The van der Waals surface area contributed by atoms with Crippen molar-refractivity contribution in [1.29, 1.82) is 0 Å². The monoisotopic (exact) mass is 253 g/mol. The van der Waals surface area contributed by atoms with Crippen molar-refractivity contribution in [2.24, 2.45) is 7.05 Å². The number of aliphatic carboxylic acids is 1. The fourth-order valence-corrected chi connectivity index (χ4v) is 1.50. The number of hydrogen-bond acceptors (Lipinski definition) is 3. The summed E-state index contributed by atoms with van der Waals surface area (Å²) in [4.78, 5) is 23.8. The van der Waals surface area contributed by atoms with Crippen molar-refractivity contribution in [3.63, 3.8) is 0 Å². The summed E-state index contributed by atoms with van der Waals surface area (Å²) in [5.74, 6) is -1.38. The first kappa shape index (κ1) is 14.2. The molecule has 1 N–H and O–H groups in total. The van der Waals surface area contributed by atoms with Crippen LogP contribution in [0, 0.1) is 0 Å². The van der Waals surface area contributed by atoms with Crippen molar-refractivity contribution >= 4 is 11.9 Å². The summed E-state index contributed by atoms with van der Waals surface area (Å²) >= 11 is 0. The van der Waals surface area contributed by atoms with Gasteiger partial charge >= 0.3 is 5.97 Å². The van der Waals surface area contributed by atoms with Gasteiger partial charge in [-0.2, -0.15) is 5.10 Å². The van der Waals surface area contributed by atoms with E-state index < -0.39 is 5.97 Å². The standard InChI is InChI=1S/C12H19N3O3/c1-12(2,3)9-6-8(15(5)13-9)11(18)14(4)7-10(16)17/h6H,7H2,1-5H3,(H,16,17). The Hall–Kier alpha value is -1.85. The van der Waals surface area contributed by atoms with Gasteiger partial charge in [0, 0.05) is 19.5 Å². The molecule has 1 amide bonds. The Kier molecular flexibility index (Phi) is 3.79. The van der Waals surface area contributed by atoms with Crippen LogP contribution in [-0.2, 0) is 17.3 Å². The smallest absolute Gasteiger partial charge is 0.323 e. The Bertz CT molecular complexity index is 471. The highest BCUT2D eigenvalue weighted by molar-refractivity contribution is 5.94. The molecule has 1 aromatic heterocycles. The SMILES string of the molecule is CN(CC(=O)O)C(=O)c1cc(C(C)(C)C)nn1C. The first-order valence-electron chi connectivity index (χ1n) is 5.64. The van der Waals surface area contributed by atoms with Crippen LogP contribution >= 0.6 is 0 Å². The number of nitrogens with zero attached hydrogens (tertiary/aromatic N) is 3. The van der Waals surface area contributed by atoms with Crippen LogP contribution in [0.2, 0.25) is 0 Å². The number of aryl methyl sites for hydroxylation is 1. The number of hydrogen-bond donors (Lipinski definition) is 1. The molecule has 0 saturated heterocycles. The minimum atomic E-state index is -1.04. The first-order chi connectivity index (χ1) is 8.12. The second-order valence-electron chi connectivity index (χ2n) is 5.34. The van der Waals surface area contributed by atoms with Crippen LogP contribution < -0.4 is 0 Å². The van der Waals surface area contributed by atoms with Crippen LogP contribution in [0.3, 0.4) is 0 Å². The lowest BCUT2D eigenvalue weighted by molar-refractivity contribution is -0.137. The van der Waals surface area contributed by atoms with E-state index in [1.54, 1.807) is 13.1 Å². The molecule has 0 aliphatic carbocycles. The Labute approximate surface area is 106 Å². The van der Waals surface area contributed by atoms with Gasteiger partial charge in [-0.3, -0.25) is 14.3 Å². The third-order valence-corrected chi connectivity index (χ3v) is 2.59. The predicted octanol–water partition coefficient (Wildman–Crippen LogP) is 0.874. The minimum Gasteiger partial charge on any atom is -0.480 e. The van der Waals surface area contributed by atoms with Gasteiger partial charge in [0.25, 0.3) is 5.91 Å². The number of aromatic nitrogens is 2. The van der Waals surface area contributed by atoms with Crippen LogP contribution in [0.15, 0.2) is 6.07 Å². The summed E-state index contributed by atoms with van der Waals surface area (Å²) in [7, 11) is 3.14. The molecule has 0 atom stereocenters. The summed E-state index contributed by atoms with van der Waals surface area (Å²) < 4.78 is 1.49. The highest BCUT2D eigenvalue weighted by Crippen LogP contribution is 2.21. The number of carbonyl (C=O) groups is 2. The third kappa shape index (κ3) is 3.09. The van der Waals surface area contributed by atoms with Crippen LogP contribution in [0.25, 0.3) is 0 Å². The van der Waals surface area contributed by atoms with Gasteiger partial charge in [0.1, 0.15) is 12.2 Å². The molecule has 0 aliphatic heterocycles. The molecule has 6 nitrogen and oxygen atoms in total. The number of carboxylic acids is 1. The summed E-state index contributed by atoms with van der Waals surface area (Å²) in [6, 6.07) is 1.71. The molecule has 0 spiro atoms. The van der Waals surface area contributed by atoms with Gasteiger partial charge in [-0.25, -0.2) is 0 Å². The molecule has 0 radical (unpaired) electrons. The highest BCUT2D eigenvalue weighted by atomic mass is 16.4. The third-order valence-electron chi connectivity index (χ3n) is 2.59. The Morgan fingerprint density at radius 3 is 2.39 bits per heavy atom. The van der Waals surface area contributed by atoms with Crippen molar-refractivity contribution in [2.75, 3.05) is 13.6 Å². The number of carbonyl (C=O) groups excluding carboxylic acids is 1. The lowest BCUT2D eigenvalue weighted by Gasteiger charge is -2.14. The van der Waals surface area contributed by atoms with Crippen LogP contribution in [0.4, 0.5) is 0 Å². The van der Waals surface area contributed by atoms with E-state index in [-0.39, 0.29) is 17.9 Å². The number of likely N-dealkylation sites (N-methyl/N-ethyl adjacent to an activating group) is 1. The molecule has 0 aliphatic rings. The van der Waals surface area contributed by atoms with Gasteiger partial charge < -0.3 is 10.0 Å². The van der Waals surface area contributed by atoms with Gasteiger partial charge in [0.15, 0.2) is 0 Å². The summed E-state index contributed by atoms with van der Waals surface area (Å²) in [5, 5.41) is 13.0. The quantitative estimate of drug-likeness (QED) is 0.867. The number of amides is 1. The molecule has 0 fully saturated rings. The molecule has 0 bridgehead atoms. The van der Waals surface area contributed by atoms with E-state index >= 15 is 0 Å². The van der Waals surface area contributed by atoms with E-state index in [0.717, 1.165) is 10.6 Å². The van der Waals surface area contributed by atoms with Crippen molar-refractivity contribution in [2.45, 2.75) is 26.2 Å². The zero-order valence-electron chi connectivity index (χ0n) is 11.4. The average Bonchev–Trinajstić information content (AvgIpc) is 2.57. The number of rotatable bonds is 3. The maximum absolute atomic E-state index is 12.0. The van der Waals surface area contributed by atoms with Crippen LogP contribution in [0.1, 0.15) is 37.0 Å². The van der Waals surface area contributed by atoms with Crippen molar-refractivity contribution < 1.29 is 14.7 Å². The van der Waals surface area contributed by atoms with E-state index in [0.29, 0.717) is 5.69 Å². The zero-order chi connectivity index (χ0) is 14.1. The Balaban J connectivity index is 3.00. The maximum Gasteiger partial charge on any atom is 0.323 e. The van der Waals surface area contributed by atoms with Crippen molar-refractivity contribution in [1.82, 2.24) is 14.7 Å². The second-order valence-corrected chi connectivity index (χ2v) is 5.34. The molecule has 1 aromatic rings. The summed E-state index contributed by atoms with van der Waals surface area (Å²) in [5.41, 5.74) is 1.04. The molecular formula is C12H19N3O3. The van der Waals surface area contributed by atoms with Gasteiger partial charge in [-0.05, 0) is 6.07 Å². The first-order valence-corrected chi connectivity index (χ1v) is 5.64. The maximum atomic E-state index is 12.0. The molecule has 0 unspecified atom stereocenters. The molecule has 0 saturated carbocycles. The molecule has 1 rings (SSSR count). The summed E-state index contributed by atoms with van der Waals surface area (Å²) in [6.45, 7) is 5.69. The van der Waals surface area contributed by atoms with E-state index in [1.165, 1.54) is 11.7 Å². The molecule has 100 valence electrons. The lowest BCUT2D eigenvalue weighted by atomic mass is 9.92. The summed E-state index contributed by atoms with van der Waals surface area (Å²) in [6.07, 6.45) is 0. The molecular weight excluding hydrogens is 234 g/mol. The van der Waals surface area contributed by atoms with Crippen LogP contribution in [-0.4, -0.2) is 45.3 Å². The normalized spacial score (nSPS) is 11.4. The zero-order valence-corrected chi connectivity index (χ0v) is 11.4. The largest absolute Gasteiger partial charge is 0.480 e. The predicted molar refractivity (Wildman–Crippen MR) is 66.5 cm³/mol. The van der Waals surface area contributed by atoms with Gasteiger partial charge in [0.2, 0.25) is 0 Å². The van der Waals surface area contributed by atoms with Gasteiger partial charge in [-0.15, -0.1) is 0 Å². The topological polar surface area (TPSA) is 75.4 Å². The fraction of sp³-hybridized carbons (Fsp3) is 0.583. The van der Waals surface area contributed by atoms with E-state index in [9.17, 15) is 9.59 Å². The molecule has 18 heavy (non-hydrogen) atoms. The Morgan fingerprint density at radius 1 is 1.44 bits per heavy atom. The van der Waals surface area contributed by atoms with Crippen molar-refractivity contribution in [3.05, 3.63) is 17.5 Å². The fourth-order valence-electron chi connectivity index (χ4n) is 1.50. The molecule has 6 heteroatoms. The van der Waals surface area contributed by atoms with Crippen molar-refractivity contribution in [3.8, 4) is 0 Å². The van der Waals surface area contributed by atoms with Gasteiger partial charge in [0.05, 0.1) is 5.69 Å². The lowest BCUT2D eigenvalue weighted by Crippen LogP contribution is -2.33. The highest BCUT2D eigenvalue weighted by Gasteiger charge is 2.23. The average molecular weight is 253 g/mol. The molecule has 1 heterocycles. The molecule has 0 aromatic carbocycles. The van der Waals surface area contributed by atoms with Gasteiger partial charge in [-0.1, -0.05) is 20.8 Å². The number of carboxylic acid groups (broad SMARTS) is 1.